The molecule has 1 aromatic rings. The van der Waals surface area contributed by atoms with E-state index in [0.29, 0.717) is 22.1 Å². The van der Waals surface area contributed by atoms with Crippen molar-refractivity contribution in [3.63, 3.8) is 0 Å². The molecule has 4 nitrogen and oxygen atoms in total. The van der Waals surface area contributed by atoms with Crippen molar-refractivity contribution in [3.8, 4) is 0 Å². The fourth-order valence-corrected chi connectivity index (χ4v) is 4.73. The van der Waals surface area contributed by atoms with Crippen LogP contribution in [-0.4, -0.2) is 14.5 Å². The van der Waals surface area contributed by atoms with Crippen molar-refractivity contribution in [3.05, 3.63) is 22.8 Å². The fraction of sp³-hybridized carbons (Fsp3) is 0.600. The van der Waals surface area contributed by atoms with Crippen LogP contribution in [0, 0.1) is 26.7 Å². The molecule has 2 rings (SSSR count). The standard InChI is InChI=1S/C15H24N2O2S/c1-9-8-10(2)15(11(3)14(9)16)20(18,19)17-12(4)13-6-5-7-13/h8,12-13,17H,5-7,16H2,1-4H3. The maximum atomic E-state index is 12.6. The van der Waals surface area contributed by atoms with E-state index in [1.54, 1.807) is 6.92 Å². The van der Waals surface area contributed by atoms with Gasteiger partial charge in [0.05, 0.1) is 4.90 Å². The zero-order valence-electron chi connectivity index (χ0n) is 12.7. The summed E-state index contributed by atoms with van der Waals surface area (Å²) in [5.74, 6) is 0.466. The summed E-state index contributed by atoms with van der Waals surface area (Å²) >= 11 is 0. The van der Waals surface area contributed by atoms with Crippen molar-refractivity contribution in [2.24, 2.45) is 5.92 Å². The molecule has 1 aliphatic carbocycles. The third kappa shape index (κ3) is 2.69. The first-order valence-corrected chi connectivity index (χ1v) is 8.61. The minimum Gasteiger partial charge on any atom is -0.398 e. The first-order chi connectivity index (χ1) is 9.24. The smallest absolute Gasteiger partial charge is 0.241 e. The first kappa shape index (κ1) is 15.3. The van der Waals surface area contributed by atoms with E-state index in [2.05, 4.69) is 4.72 Å². The molecule has 1 unspecified atom stereocenters. The molecule has 0 aromatic heterocycles. The SMILES string of the molecule is Cc1cc(C)c(S(=O)(=O)NC(C)C2CCC2)c(C)c1N. The topological polar surface area (TPSA) is 72.2 Å². The van der Waals surface area contributed by atoms with Crippen molar-refractivity contribution in [1.82, 2.24) is 4.72 Å². The third-order valence-electron chi connectivity index (χ3n) is 4.43. The van der Waals surface area contributed by atoms with Crippen LogP contribution in [0.15, 0.2) is 11.0 Å². The second-order valence-electron chi connectivity index (χ2n) is 5.98. The van der Waals surface area contributed by atoms with Crippen molar-refractivity contribution in [1.29, 1.82) is 0 Å². The van der Waals surface area contributed by atoms with Gasteiger partial charge in [0.25, 0.3) is 0 Å². The summed E-state index contributed by atoms with van der Waals surface area (Å²) in [5.41, 5.74) is 8.87. The maximum Gasteiger partial charge on any atom is 0.241 e. The van der Waals surface area contributed by atoms with E-state index in [9.17, 15) is 8.42 Å². The van der Waals surface area contributed by atoms with Crippen molar-refractivity contribution in [2.45, 2.75) is 57.9 Å². The van der Waals surface area contributed by atoms with Gasteiger partial charge in [-0.25, -0.2) is 13.1 Å². The monoisotopic (exact) mass is 296 g/mol. The van der Waals surface area contributed by atoms with E-state index in [-0.39, 0.29) is 6.04 Å². The molecule has 1 aromatic carbocycles. The Balaban J connectivity index is 2.36. The summed E-state index contributed by atoms with van der Waals surface area (Å²) in [6.45, 7) is 7.44. The number of benzene rings is 1. The van der Waals surface area contributed by atoms with Gasteiger partial charge in [-0.2, -0.15) is 0 Å². The number of nitrogens with one attached hydrogen (secondary N) is 1. The van der Waals surface area contributed by atoms with Crippen LogP contribution >= 0.6 is 0 Å². The lowest BCUT2D eigenvalue weighted by atomic mass is 9.81. The number of aryl methyl sites for hydroxylation is 2. The highest BCUT2D eigenvalue weighted by Gasteiger charge is 2.29. The van der Waals surface area contributed by atoms with Gasteiger partial charge in [-0.1, -0.05) is 12.5 Å². The molecule has 3 N–H and O–H groups in total. The number of rotatable bonds is 4. The van der Waals surface area contributed by atoms with Crippen LogP contribution in [-0.2, 0) is 10.0 Å². The highest BCUT2D eigenvalue weighted by atomic mass is 32.2. The summed E-state index contributed by atoms with van der Waals surface area (Å²) < 4.78 is 28.1. The van der Waals surface area contributed by atoms with Gasteiger partial charge in [-0.15, -0.1) is 0 Å². The Morgan fingerprint density at radius 2 is 1.85 bits per heavy atom. The lowest BCUT2D eigenvalue weighted by Gasteiger charge is -2.32. The second kappa shape index (κ2) is 5.37. The Morgan fingerprint density at radius 3 is 2.35 bits per heavy atom. The van der Waals surface area contributed by atoms with Gasteiger partial charge in [0, 0.05) is 11.7 Å². The molecule has 112 valence electrons. The normalized spacial score (nSPS) is 17.8. The van der Waals surface area contributed by atoms with Gasteiger partial charge in [0.1, 0.15) is 0 Å². The van der Waals surface area contributed by atoms with Crippen LogP contribution < -0.4 is 10.5 Å². The Hall–Kier alpha value is -1.07. The minimum absolute atomic E-state index is 0.0184. The molecular weight excluding hydrogens is 272 g/mol. The van der Waals surface area contributed by atoms with E-state index in [4.69, 9.17) is 5.73 Å². The summed E-state index contributed by atoms with van der Waals surface area (Å²) in [6.07, 6.45) is 3.42. The molecule has 1 atom stereocenters. The molecule has 0 spiro atoms. The maximum absolute atomic E-state index is 12.6. The largest absolute Gasteiger partial charge is 0.398 e. The van der Waals surface area contributed by atoms with Gasteiger partial charge >= 0.3 is 0 Å². The molecule has 1 aliphatic rings. The van der Waals surface area contributed by atoms with E-state index in [0.717, 1.165) is 24.0 Å². The Labute approximate surface area is 121 Å². The molecule has 0 saturated heterocycles. The summed E-state index contributed by atoms with van der Waals surface area (Å²) in [6, 6.07) is 1.82. The van der Waals surface area contributed by atoms with Gasteiger partial charge in [0.2, 0.25) is 10.0 Å². The average Bonchev–Trinajstić information content (AvgIpc) is 2.21. The second-order valence-corrected chi connectivity index (χ2v) is 7.63. The molecule has 0 heterocycles. The van der Waals surface area contributed by atoms with Crippen molar-refractivity contribution in [2.75, 3.05) is 5.73 Å². The van der Waals surface area contributed by atoms with E-state index in [1.165, 1.54) is 6.42 Å². The quantitative estimate of drug-likeness (QED) is 0.839. The molecule has 0 amide bonds. The Kier molecular flexibility index (Phi) is 4.12. The van der Waals surface area contributed by atoms with E-state index >= 15 is 0 Å². The summed E-state index contributed by atoms with van der Waals surface area (Å²) in [7, 11) is -3.51. The van der Waals surface area contributed by atoms with Crippen LogP contribution in [0.3, 0.4) is 0 Å². The van der Waals surface area contributed by atoms with Crippen molar-refractivity contribution >= 4 is 15.7 Å². The number of sulfonamides is 1. The lowest BCUT2D eigenvalue weighted by Crippen LogP contribution is -2.41. The number of anilines is 1. The van der Waals surface area contributed by atoms with Crippen molar-refractivity contribution < 1.29 is 8.42 Å². The van der Waals surface area contributed by atoms with E-state index in [1.807, 2.05) is 26.8 Å². The van der Waals surface area contributed by atoms with Crippen LogP contribution in [0.5, 0.6) is 0 Å². The Bertz CT molecular complexity index is 619. The zero-order chi connectivity index (χ0) is 15.1. The molecule has 1 fully saturated rings. The highest BCUT2D eigenvalue weighted by Crippen LogP contribution is 2.32. The Morgan fingerprint density at radius 1 is 1.25 bits per heavy atom. The molecule has 1 saturated carbocycles. The average molecular weight is 296 g/mol. The lowest BCUT2D eigenvalue weighted by molar-refractivity contribution is 0.260. The van der Waals surface area contributed by atoms with E-state index < -0.39 is 10.0 Å². The zero-order valence-corrected chi connectivity index (χ0v) is 13.5. The van der Waals surface area contributed by atoms with Gasteiger partial charge in [0.15, 0.2) is 0 Å². The van der Waals surface area contributed by atoms with Crippen LogP contribution in [0.2, 0.25) is 0 Å². The number of nitrogens with two attached hydrogens (primary N) is 1. The molecular formula is C15H24N2O2S. The fourth-order valence-electron chi connectivity index (χ4n) is 2.94. The van der Waals surface area contributed by atoms with Gasteiger partial charge < -0.3 is 5.73 Å². The summed E-state index contributed by atoms with van der Waals surface area (Å²) in [5, 5.41) is 0. The molecule has 20 heavy (non-hydrogen) atoms. The molecule has 5 heteroatoms. The first-order valence-electron chi connectivity index (χ1n) is 7.12. The molecule has 0 bridgehead atoms. The minimum atomic E-state index is -3.51. The van der Waals surface area contributed by atoms with Crippen LogP contribution in [0.4, 0.5) is 5.69 Å². The number of nitrogen functional groups attached to an aromatic ring is 1. The third-order valence-corrected chi connectivity index (χ3v) is 6.28. The highest BCUT2D eigenvalue weighted by molar-refractivity contribution is 7.89. The van der Waals surface area contributed by atoms with Gasteiger partial charge in [-0.3, -0.25) is 0 Å². The summed E-state index contributed by atoms with van der Waals surface area (Å²) in [4.78, 5) is 0.340. The molecule has 0 radical (unpaired) electrons. The molecule has 0 aliphatic heterocycles. The predicted octanol–water partition coefficient (Wildman–Crippen LogP) is 2.66. The van der Waals surface area contributed by atoms with Gasteiger partial charge in [-0.05, 0) is 63.1 Å². The number of hydrogen-bond acceptors (Lipinski definition) is 3. The van der Waals surface area contributed by atoms with Crippen LogP contribution in [0.1, 0.15) is 42.9 Å². The number of hydrogen-bond donors (Lipinski definition) is 2. The predicted molar refractivity (Wildman–Crippen MR) is 82.2 cm³/mol. The van der Waals surface area contributed by atoms with Crippen LogP contribution in [0.25, 0.3) is 0 Å².